The van der Waals surface area contributed by atoms with Crippen molar-refractivity contribution >= 4 is 34.7 Å². The van der Waals surface area contributed by atoms with E-state index < -0.39 is 0 Å². The van der Waals surface area contributed by atoms with E-state index in [0.29, 0.717) is 13.0 Å². The molecule has 1 N–H and O–H groups in total. The molecule has 1 amide bonds. The minimum Gasteiger partial charge on any atom is -0.496 e. The smallest absolute Gasteiger partial charge is 0.240 e. The molecule has 4 fully saturated rings. The van der Waals surface area contributed by atoms with Crippen molar-refractivity contribution in [1.29, 1.82) is 0 Å². The quantitative estimate of drug-likeness (QED) is 0.248. The molecular weight excluding hydrogens is 527 g/mol. The molecule has 4 aliphatic rings. The zero-order valence-electron chi connectivity index (χ0n) is 19.1. The van der Waals surface area contributed by atoms with E-state index in [4.69, 9.17) is 9.47 Å². The monoisotopic (exact) mass is 558 g/mol. The summed E-state index contributed by atoms with van der Waals surface area (Å²) in [6, 6.07) is 13.8. The Morgan fingerprint density at radius 2 is 1.76 bits per heavy atom. The Morgan fingerprint density at radius 3 is 2.39 bits per heavy atom. The molecule has 0 radical (unpaired) electrons. The maximum absolute atomic E-state index is 12.7. The summed E-state index contributed by atoms with van der Waals surface area (Å²) in [6.07, 6.45) is 10.2. The Bertz CT molecular complexity index is 999. The molecule has 0 unspecified atom stereocenters. The van der Waals surface area contributed by atoms with Crippen molar-refractivity contribution in [3.8, 4) is 11.5 Å². The van der Waals surface area contributed by atoms with Crippen LogP contribution in [0.2, 0.25) is 0 Å². The fourth-order valence-electron chi connectivity index (χ4n) is 6.75. The molecule has 0 atom stereocenters. The average Bonchev–Trinajstić information content (AvgIpc) is 2.77. The van der Waals surface area contributed by atoms with Crippen LogP contribution in [0.4, 0.5) is 0 Å². The minimum atomic E-state index is 0.0454. The SMILES string of the molecule is COc1ccc(C=NNC(=O)CC23CC4CC(CC(C4)C2)C3)cc1COc1ccc(I)cc1. The Hall–Kier alpha value is -2.09. The van der Waals surface area contributed by atoms with Gasteiger partial charge >= 0.3 is 0 Å². The van der Waals surface area contributed by atoms with E-state index in [-0.39, 0.29) is 11.3 Å². The number of rotatable bonds is 8. The van der Waals surface area contributed by atoms with Crippen LogP contribution in [-0.4, -0.2) is 19.2 Å². The first-order chi connectivity index (χ1) is 16.0. The molecular formula is C27H31IN2O3. The third kappa shape index (κ3) is 5.36. The number of hydrogen-bond donors (Lipinski definition) is 1. The number of nitrogens with one attached hydrogen (secondary N) is 1. The molecule has 0 saturated heterocycles. The highest BCUT2D eigenvalue weighted by molar-refractivity contribution is 14.1. The molecule has 33 heavy (non-hydrogen) atoms. The van der Waals surface area contributed by atoms with Gasteiger partial charge in [0.1, 0.15) is 18.1 Å². The molecule has 5 nitrogen and oxygen atoms in total. The van der Waals surface area contributed by atoms with E-state index in [0.717, 1.165) is 40.4 Å². The van der Waals surface area contributed by atoms with Crippen LogP contribution >= 0.6 is 22.6 Å². The highest BCUT2D eigenvalue weighted by Gasteiger charge is 2.51. The van der Waals surface area contributed by atoms with Crippen LogP contribution in [0.25, 0.3) is 0 Å². The summed E-state index contributed by atoms with van der Waals surface area (Å²) >= 11 is 2.27. The summed E-state index contributed by atoms with van der Waals surface area (Å²) in [5, 5.41) is 4.26. The van der Waals surface area contributed by atoms with Crippen molar-refractivity contribution in [3.05, 3.63) is 57.2 Å². The van der Waals surface area contributed by atoms with Gasteiger partial charge < -0.3 is 9.47 Å². The molecule has 4 bridgehead atoms. The highest BCUT2D eigenvalue weighted by atomic mass is 127. The summed E-state index contributed by atoms with van der Waals surface area (Å²) in [6.45, 7) is 0.393. The molecule has 6 rings (SSSR count). The van der Waals surface area contributed by atoms with Gasteiger partial charge in [0.15, 0.2) is 0 Å². The third-order valence-corrected chi connectivity index (χ3v) is 8.34. The first-order valence-corrected chi connectivity index (χ1v) is 13.0. The van der Waals surface area contributed by atoms with Crippen LogP contribution in [0.5, 0.6) is 11.5 Å². The Balaban J connectivity index is 1.18. The standard InChI is InChI=1S/C27H31IN2O3/c1-32-25-7-2-18(11-22(25)17-33-24-5-3-23(28)4-6-24)16-29-30-26(31)15-27-12-19-8-20(13-27)10-21(9-19)14-27/h2-7,11,16,19-21H,8-10,12-15,17H2,1H3,(H,30,31). The number of carbonyl (C=O) groups is 1. The Labute approximate surface area is 209 Å². The lowest BCUT2D eigenvalue weighted by atomic mass is 9.49. The van der Waals surface area contributed by atoms with Crippen molar-refractivity contribution in [3.63, 3.8) is 0 Å². The maximum Gasteiger partial charge on any atom is 0.240 e. The number of benzene rings is 2. The number of amides is 1. The van der Waals surface area contributed by atoms with Gasteiger partial charge in [0.05, 0.1) is 13.3 Å². The molecule has 2 aromatic carbocycles. The maximum atomic E-state index is 12.7. The number of nitrogens with zero attached hydrogens (tertiary/aromatic N) is 1. The number of ether oxygens (including phenoxy) is 2. The van der Waals surface area contributed by atoms with Crippen molar-refractivity contribution < 1.29 is 14.3 Å². The Kier molecular flexibility index (Phi) is 6.63. The highest BCUT2D eigenvalue weighted by Crippen LogP contribution is 2.61. The number of hydrazone groups is 1. The van der Waals surface area contributed by atoms with Crippen LogP contribution in [0.1, 0.15) is 56.1 Å². The van der Waals surface area contributed by atoms with Gasteiger partial charge in [-0.1, -0.05) is 0 Å². The van der Waals surface area contributed by atoms with Gasteiger partial charge in [-0.05, 0) is 132 Å². The predicted molar refractivity (Wildman–Crippen MR) is 137 cm³/mol. The van der Waals surface area contributed by atoms with Crippen molar-refractivity contribution in [2.75, 3.05) is 7.11 Å². The van der Waals surface area contributed by atoms with Crippen LogP contribution in [0.15, 0.2) is 47.6 Å². The molecule has 0 aromatic heterocycles. The van der Waals surface area contributed by atoms with E-state index in [2.05, 4.69) is 33.1 Å². The second kappa shape index (κ2) is 9.65. The van der Waals surface area contributed by atoms with Gasteiger partial charge in [-0.15, -0.1) is 0 Å². The number of hydrogen-bond acceptors (Lipinski definition) is 4. The van der Waals surface area contributed by atoms with Crippen molar-refractivity contribution in [1.82, 2.24) is 5.43 Å². The second-order valence-corrected chi connectivity index (χ2v) is 11.4. The first kappa shape index (κ1) is 22.7. The van der Waals surface area contributed by atoms with Gasteiger partial charge in [-0.25, -0.2) is 5.43 Å². The van der Waals surface area contributed by atoms with Crippen molar-refractivity contribution in [2.24, 2.45) is 28.3 Å². The minimum absolute atomic E-state index is 0.0454. The average molecular weight is 558 g/mol. The van der Waals surface area contributed by atoms with Gasteiger partial charge in [0.25, 0.3) is 0 Å². The van der Waals surface area contributed by atoms with Gasteiger partial charge in [0, 0.05) is 15.6 Å². The van der Waals surface area contributed by atoms with Gasteiger partial charge in [0.2, 0.25) is 5.91 Å². The van der Waals surface area contributed by atoms with Crippen LogP contribution in [0, 0.1) is 26.7 Å². The number of methoxy groups -OCH3 is 1. The van der Waals surface area contributed by atoms with E-state index >= 15 is 0 Å². The fraction of sp³-hybridized carbons (Fsp3) is 0.481. The molecule has 6 heteroatoms. The normalized spacial score (nSPS) is 27.6. The third-order valence-electron chi connectivity index (χ3n) is 7.62. The van der Waals surface area contributed by atoms with E-state index in [1.807, 2.05) is 42.5 Å². The van der Waals surface area contributed by atoms with Crippen LogP contribution in [-0.2, 0) is 11.4 Å². The van der Waals surface area contributed by atoms with Crippen molar-refractivity contribution in [2.45, 2.75) is 51.6 Å². The molecule has 4 aliphatic carbocycles. The summed E-state index contributed by atoms with van der Waals surface area (Å²) in [4.78, 5) is 12.7. The number of carbonyl (C=O) groups excluding carboxylic acids is 1. The van der Waals surface area contributed by atoms with Crippen LogP contribution < -0.4 is 14.9 Å². The molecule has 174 valence electrons. The molecule has 2 aromatic rings. The molecule has 0 spiro atoms. The summed E-state index contributed by atoms with van der Waals surface area (Å²) < 4.78 is 12.6. The Morgan fingerprint density at radius 1 is 1.09 bits per heavy atom. The first-order valence-electron chi connectivity index (χ1n) is 11.9. The summed E-state index contributed by atoms with van der Waals surface area (Å²) in [7, 11) is 1.65. The van der Waals surface area contributed by atoms with Gasteiger partial charge in [-0.2, -0.15) is 5.10 Å². The number of halogens is 1. The van der Waals surface area contributed by atoms with Crippen LogP contribution in [0.3, 0.4) is 0 Å². The summed E-state index contributed by atoms with van der Waals surface area (Å²) in [5.41, 5.74) is 4.84. The van der Waals surface area contributed by atoms with E-state index in [1.165, 1.54) is 42.1 Å². The lowest BCUT2D eigenvalue weighted by molar-refractivity contribution is -0.129. The van der Waals surface area contributed by atoms with E-state index in [9.17, 15) is 4.79 Å². The zero-order valence-corrected chi connectivity index (χ0v) is 21.2. The zero-order chi connectivity index (χ0) is 22.8. The molecule has 0 aliphatic heterocycles. The van der Waals surface area contributed by atoms with Gasteiger partial charge in [-0.3, -0.25) is 4.79 Å². The summed E-state index contributed by atoms with van der Waals surface area (Å²) in [5.74, 6) is 4.19. The fourth-order valence-corrected chi connectivity index (χ4v) is 7.11. The largest absolute Gasteiger partial charge is 0.496 e. The topological polar surface area (TPSA) is 59.9 Å². The second-order valence-electron chi connectivity index (χ2n) is 10.2. The molecule has 4 saturated carbocycles. The van der Waals surface area contributed by atoms with E-state index in [1.54, 1.807) is 13.3 Å². The lowest BCUT2D eigenvalue weighted by Crippen LogP contribution is -2.47. The lowest BCUT2D eigenvalue weighted by Gasteiger charge is -2.56. The molecule has 0 heterocycles. The predicted octanol–water partition coefficient (Wildman–Crippen LogP) is 5.94.